The van der Waals surface area contributed by atoms with Crippen molar-refractivity contribution in [3.8, 4) is 0 Å². The molecule has 2 aromatic carbocycles. The van der Waals surface area contributed by atoms with Gasteiger partial charge < -0.3 is 14.4 Å². The van der Waals surface area contributed by atoms with Gasteiger partial charge in [0.2, 0.25) is 5.91 Å². The van der Waals surface area contributed by atoms with Gasteiger partial charge >= 0.3 is 0 Å². The fourth-order valence-corrected chi connectivity index (χ4v) is 5.30. The lowest BCUT2D eigenvalue weighted by Gasteiger charge is -2.31. The Hall–Kier alpha value is -3.19. The monoisotopic (exact) mass is 467 g/mol. The Bertz CT molecular complexity index is 1430. The van der Waals surface area contributed by atoms with Crippen molar-refractivity contribution in [1.29, 1.82) is 0 Å². The lowest BCUT2D eigenvalue weighted by molar-refractivity contribution is -0.117. The van der Waals surface area contributed by atoms with Gasteiger partial charge in [-0.05, 0) is 56.4 Å². The summed E-state index contributed by atoms with van der Waals surface area (Å²) >= 11 is 6.52. The number of benzene rings is 2. The number of pyridine rings is 1. The Morgan fingerprint density at radius 3 is 2.85 bits per heavy atom. The van der Waals surface area contributed by atoms with Crippen molar-refractivity contribution >= 4 is 45.0 Å². The van der Waals surface area contributed by atoms with Crippen LogP contribution in [0.15, 0.2) is 51.8 Å². The van der Waals surface area contributed by atoms with E-state index in [4.69, 9.17) is 16.1 Å². The molecule has 1 saturated carbocycles. The zero-order valence-electron chi connectivity index (χ0n) is 18.1. The largest absolute Gasteiger partial charge is 0.360 e. The van der Waals surface area contributed by atoms with Crippen molar-refractivity contribution < 1.29 is 13.7 Å². The molecule has 2 atom stereocenters. The number of hydrogen-bond donors (Lipinski definition) is 1. The Morgan fingerprint density at radius 2 is 2.03 bits per heavy atom. The second kappa shape index (κ2) is 8.63. The van der Waals surface area contributed by atoms with Gasteiger partial charge in [-0.15, -0.1) is 0 Å². The Balaban J connectivity index is 1.46. The summed E-state index contributed by atoms with van der Waals surface area (Å²) < 4.78 is 21.0. The van der Waals surface area contributed by atoms with Crippen LogP contribution in [0.3, 0.4) is 0 Å². The van der Waals surface area contributed by atoms with Gasteiger partial charge in [0.1, 0.15) is 22.5 Å². The number of aromatic nitrogens is 2. The van der Waals surface area contributed by atoms with Gasteiger partial charge in [-0.2, -0.15) is 0 Å². The van der Waals surface area contributed by atoms with Crippen LogP contribution in [-0.4, -0.2) is 15.6 Å². The van der Waals surface area contributed by atoms with Gasteiger partial charge in [0.25, 0.3) is 5.56 Å². The van der Waals surface area contributed by atoms with Crippen molar-refractivity contribution in [2.24, 2.45) is 5.92 Å². The van der Waals surface area contributed by atoms with E-state index in [1.165, 1.54) is 6.07 Å². The summed E-state index contributed by atoms with van der Waals surface area (Å²) in [5.74, 6) is -0.144. The second-order valence-electron chi connectivity index (χ2n) is 8.69. The van der Waals surface area contributed by atoms with Gasteiger partial charge in [0.15, 0.2) is 0 Å². The maximum Gasteiger partial charge on any atom is 0.264 e. The Morgan fingerprint density at radius 1 is 1.21 bits per heavy atom. The number of para-hydroxylation sites is 1. The molecule has 170 valence electrons. The smallest absolute Gasteiger partial charge is 0.264 e. The van der Waals surface area contributed by atoms with E-state index in [0.717, 1.165) is 24.8 Å². The highest BCUT2D eigenvalue weighted by atomic mass is 35.5. The van der Waals surface area contributed by atoms with Crippen LogP contribution in [0.1, 0.15) is 43.9 Å². The number of amides is 1. The first-order valence-corrected chi connectivity index (χ1v) is 11.4. The van der Waals surface area contributed by atoms with Crippen LogP contribution in [0.2, 0.25) is 5.02 Å². The normalized spacial score (nSPS) is 18.6. The van der Waals surface area contributed by atoms with E-state index in [1.54, 1.807) is 35.8 Å². The third-order valence-corrected chi connectivity index (χ3v) is 6.84. The molecule has 0 unspecified atom stereocenters. The molecule has 0 aliphatic heterocycles. The van der Waals surface area contributed by atoms with E-state index in [9.17, 15) is 14.0 Å². The summed E-state index contributed by atoms with van der Waals surface area (Å²) in [6.07, 6.45) is 3.53. The van der Waals surface area contributed by atoms with E-state index in [0.29, 0.717) is 33.5 Å². The zero-order chi connectivity index (χ0) is 23.1. The molecule has 1 aliphatic rings. The average Bonchev–Trinajstić information content (AvgIpc) is 3.17. The summed E-state index contributed by atoms with van der Waals surface area (Å²) in [5, 5.41) is 8.42. The standard InChI is InChI=1S/C25H23ClFN3O3/c1-14-22-24(29-33-14)23-17(26)8-5-11-20(23)30(25(22)32)16-7-4-6-15(12-16)13-21(31)28-19-10-3-2-9-18(19)27/h2-3,5,8-11,15-16H,4,6-7,12-13H2,1H3,(H,28,31)/t15-,16+/m1/s1. The molecule has 0 bridgehead atoms. The molecule has 0 spiro atoms. The lowest BCUT2D eigenvalue weighted by atomic mass is 9.83. The summed E-state index contributed by atoms with van der Waals surface area (Å²) in [5.41, 5.74) is 1.22. The summed E-state index contributed by atoms with van der Waals surface area (Å²) in [6, 6.07) is 11.5. The molecular weight excluding hydrogens is 445 g/mol. The fourth-order valence-electron chi connectivity index (χ4n) is 5.04. The first kappa shape index (κ1) is 21.6. The molecule has 2 aromatic heterocycles. The molecule has 6 nitrogen and oxygen atoms in total. The van der Waals surface area contributed by atoms with E-state index in [-0.39, 0.29) is 35.5 Å². The van der Waals surface area contributed by atoms with E-state index < -0.39 is 5.82 Å². The Labute approximate surface area is 194 Å². The van der Waals surface area contributed by atoms with Crippen LogP contribution in [0.25, 0.3) is 21.8 Å². The van der Waals surface area contributed by atoms with Crippen LogP contribution in [0, 0.1) is 18.7 Å². The van der Waals surface area contributed by atoms with Crippen LogP contribution in [0.4, 0.5) is 10.1 Å². The summed E-state index contributed by atoms with van der Waals surface area (Å²) in [6.45, 7) is 1.72. The number of halogens is 2. The molecule has 8 heteroatoms. The van der Waals surface area contributed by atoms with Gasteiger partial charge in [0, 0.05) is 17.8 Å². The molecule has 0 saturated heterocycles. The highest BCUT2D eigenvalue weighted by Crippen LogP contribution is 2.38. The van der Waals surface area contributed by atoms with Crippen LogP contribution in [0.5, 0.6) is 0 Å². The van der Waals surface area contributed by atoms with Crippen LogP contribution < -0.4 is 10.9 Å². The number of carbonyl (C=O) groups is 1. The molecule has 5 rings (SSSR count). The lowest BCUT2D eigenvalue weighted by Crippen LogP contribution is -2.30. The van der Waals surface area contributed by atoms with Crippen molar-refractivity contribution in [2.75, 3.05) is 5.32 Å². The van der Waals surface area contributed by atoms with Crippen molar-refractivity contribution in [2.45, 2.75) is 45.1 Å². The molecule has 1 amide bonds. The first-order chi connectivity index (χ1) is 15.9. The quantitative estimate of drug-likeness (QED) is 0.399. The molecule has 33 heavy (non-hydrogen) atoms. The number of rotatable bonds is 4. The maximum absolute atomic E-state index is 13.9. The molecule has 0 radical (unpaired) electrons. The van der Waals surface area contributed by atoms with Crippen LogP contribution in [-0.2, 0) is 4.79 Å². The number of fused-ring (bicyclic) bond motifs is 3. The van der Waals surface area contributed by atoms with Gasteiger partial charge in [0.05, 0.1) is 16.2 Å². The number of hydrogen-bond acceptors (Lipinski definition) is 4. The minimum atomic E-state index is -0.459. The topological polar surface area (TPSA) is 77.1 Å². The maximum atomic E-state index is 13.9. The predicted molar refractivity (Wildman–Crippen MR) is 126 cm³/mol. The van der Waals surface area contributed by atoms with Crippen LogP contribution >= 0.6 is 11.6 Å². The van der Waals surface area contributed by atoms with E-state index >= 15 is 0 Å². The van der Waals surface area contributed by atoms with Crippen molar-refractivity contribution in [1.82, 2.24) is 9.72 Å². The number of aryl methyl sites for hydroxylation is 1. The number of carbonyl (C=O) groups excluding carboxylic acids is 1. The zero-order valence-corrected chi connectivity index (χ0v) is 18.9. The second-order valence-corrected chi connectivity index (χ2v) is 9.10. The number of nitrogens with one attached hydrogen (secondary N) is 1. The van der Waals surface area contributed by atoms with Crippen molar-refractivity contribution in [3.63, 3.8) is 0 Å². The molecule has 2 heterocycles. The Kier molecular flexibility index (Phi) is 5.66. The predicted octanol–water partition coefficient (Wildman–Crippen LogP) is 6.00. The third kappa shape index (κ3) is 3.91. The average molecular weight is 468 g/mol. The summed E-state index contributed by atoms with van der Waals surface area (Å²) in [7, 11) is 0. The highest BCUT2D eigenvalue weighted by Gasteiger charge is 2.29. The van der Waals surface area contributed by atoms with Gasteiger partial charge in [-0.1, -0.05) is 41.4 Å². The van der Waals surface area contributed by atoms with Gasteiger partial charge in [-0.3, -0.25) is 9.59 Å². The molecule has 4 aromatic rings. The third-order valence-electron chi connectivity index (χ3n) is 6.53. The van der Waals surface area contributed by atoms with E-state index in [2.05, 4.69) is 10.5 Å². The molecule has 1 fully saturated rings. The highest BCUT2D eigenvalue weighted by molar-refractivity contribution is 6.37. The number of anilines is 1. The first-order valence-electron chi connectivity index (χ1n) is 11.1. The number of nitrogens with zero attached hydrogens (tertiary/aromatic N) is 2. The van der Waals surface area contributed by atoms with E-state index in [1.807, 2.05) is 12.1 Å². The van der Waals surface area contributed by atoms with Crippen molar-refractivity contribution in [3.05, 3.63) is 69.4 Å². The summed E-state index contributed by atoms with van der Waals surface area (Å²) in [4.78, 5) is 26.1. The molecular formula is C25H23ClFN3O3. The minimum Gasteiger partial charge on any atom is -0.360 e. The SMILES string of the molecule is Cc1onc2c1c(=O)n([C@H]1CCC[C@@H](CC(=O)Nc3ccccc3F)C1)c1cccc(Cl)c21. The minimum absolute atomic E-state index is 0.0796. The molecule has 1 aliphatic carbocycles. The fraction of sp³-hybridized carbons (Fsp3) is 0.320. The van der Waals surface area contributed by atoms with Gasteiger partial charge in [-0.25, -0.2) is 4.39 Å². The molecule has 1 N–H and O–H groups in total.